The lowest BCUT2D eigenvalue weighted by molar-refractivity contribution is 0.686. The van der Waals surface area contributed by atoms with Crippen molar-refractivity contribution in [3.63, 3.8) is 0 Å². The number of nitrogens with zero attached hydrogens (tertiary/aromatic N) is 3. The smallest absolute Gasteiger partial charge is 0.267 e. The minimum Gasteiger partial charge on any atom is -0.364 e. The van der Waals surface area contributed by atoms with Gasteiger partial charge in [0.2, 0.25) is 0 Å². The molecule has 0 saturated carbocycles. The third-order valence-corrected chi connectivity index (χ3v) is 2.30. The zero-order valence-corrected chi connectivity index (χ0v) is 8.07. The van der Waals surface area contributed by atoms with Crippen LogP contribution in [0.3, 0.4) is 0 Å². The summed E-state index contributed by atoms with van der Waals surface area (Å²) in [6, 6.07) is 3.80. The fourth-order valence-corrected chi connectivity index (χ4v) is 1.51. The van der Waals surface area contributed by atoms with Crippen LogP contribution in [-0.4, -0.2) is 21.2 Å². The summed E-state index contributed by atoms with van der Waals surface area (Å²) in [5.74, 6) is 0.556. The molecule has 14 heavy (non-hydrogen) atoms. The van der Waals surface area contributed by atoms with Crippen molar-refractivity contribution in [3.8, 4) is 0 Å². The minimum atomic E-state index is -1.43. The lowest BCUT2D eigenvalue weighted by Crippen LogP contribution is -2.22. The van der Waals surface area contributed by atoms with Crippen LogP contribution < -0.4 is 5.32 Å². The van der Waals surface area contributed by atoms with Crippen LogP contribution in [0.4, 0.5) is 0 Å². The van der Waals surface area contributed by atoms with Crippen LogP contribution in [0, 0.1) is 0 Å². The van der Waals surface area contributed by atoms with Crippen molar-refractivity contribution in [1.82, 2.24) is 10.3 Å². The standard InChI is InChI=1S/C8H8N4OS/c13-14-11-6-8(12-14)10-5-7-1-3-9-4-2-7/h1-4,6H,5H2,(H,10,12). The Morgan fingerprint density at radius 1 is 1.36 bits per heavy atom. The molecule has 0 saturated heterocycles. The zero-order chi connectivity index (χ0) is 9.80. The average Bonchev–Trinajstić information content (AvgIpc) is 2.63. The first kappa shape index (κ1) is 9.01. The lowest BCUT2D eigenvalue weighted by Gasteiger charge is -2.01. The van der Waals surface area contributed by atoms with Crippen LogP contribution in [0.5, 0.6) is 0 Å². The SMILES string of the molecule is O=S1N=CC(NCc2ccncc2)=N1. The molecular formula is C8H8N4OS. The highest BCUT2D eigenvalue weighted by Crippen LogP contribution is 1.97. The molecule has 2 heterocycles. The third kappa shape index (κ3) is 2.23. The highest BCUT2D eigenvalue weighted by atomic mass is 32.2. The summed E-state index contributed by atoms with van der Waals surface area (Å²) in [6.07, 6.45) is 4.91. The van der Waals surface area contributed by atoms with Crippen molar-refractivity contribution in [3.05, 3.63) is 30.1 Å². The second-order valence-corrected chi connectivity index (χ2v) is 3.51. The number of aromatic nitrogens is 1. The molecule has 0 radical (unpaired) electrons. The molecule has 1 aromatic heterocycles. The van der Waals surface area contributed by atoms with Gasteiger partial charge in [-0.3, -0.25) is 4.98 Å². The summed E-state index contributed by atoms with van der Waals surface area (Å²) in [6.45, 7) is 0.630. The Morgan fingerprint density at radius 2 is 2.14 bits per heavy atom. The zero-order valence-electron chi connectivity index (χ0n) is 7.25. The number of nitrogens with one attached hydrogen (secondary N) is 1. The highest BCUT2D eigenvalue weighted by Gasteiger charge is 2.05. The fourth-order valence-electron chi connectivity index (χ4n) is 0.997. The van der Waals surface area contributed by atoms with Gasteiger partial charge in [-0.05, 0) is 17.7 Å². The Bertz CT molecular complexity index is 401. The molecule has 1 aliphatic rings. The lowest BCUT2D eigenvalue weighted by atomic mass is 10.3. The molecule has 1 atom stereocenters. The third-order valence-electron chi connectivity index (χ3n) is 1.66. The van der Waals surface area contributed by atoms with E-state index in [2.05, 4.69) is 19.1 Å². The molecule has 0 aromatic carbocycles. The molecule has 0 bridgehead atoms. The molecule has 1 aliphatic heterocycles. The average molecular weight is 208 g/mol. The monoisotopic (exact) mass is 208 g/mol. The van der Waals surface area contributed by atoms with Crippen LogP contribution in [0.1, 0.15) is 5.56 Å². The summed E-state index contributed by atoms with van der Waals surface area (Å²) in [7, 11) is 0. The largest absolute Gasteiger partial charge is 0.364 e. The predicted molar refractivity (Wildman–Crippen MR) is 55.1 cm³/mol. The van der Waals surface area contributed by atoms with E-state index >= 15 is 0 Å². The first-order chi connectivity index (χ1) is 6.84. The van der Waals surface area contributed by atoms with Gasteiger partial charge >= 0.3 is 0 Å². The van der Waals surface area contributed by atoms with Gasteiger partial charge in [-0.25, -0.2) is 4.21 Å². The maximum Gasteiger partial charge on any atom is 0.267 e. The number of amidine groups is 1. The maximum atomic E-state index is 10.7. The van der Waals surface area contributed by atoms with Crippen molar-refractivity contribution in [2.75, 3.05) is 0 Å². The topological polar surface area (TPSA) is 66.7 Å². The Kier molecular flexibility index (Phi) is 2.64. The normalized spacial score (nSPS) is 19.4. The van der Waals surface area contributed by atoms with Crippen molar-refractivity contribution in [2.24, 2.45) is 8.80 Å². The number of rotatable bonds is 2. The maximum absolute atomic E-state index is 10.7. The molecule has 0 spiro atoms. The van der Waals surface area contributed by atoms with Gasteiger partial charge in [-0.1, -0.05) is 0 Å². The Balaban J connectivity index is 1.93. The summed E-state index contributed by atoms with van der Waals surface area (Å²) in [4.78, 5) is 3.90. The van der Waals surface area contributed by atoms with E-state index in [0.717, 1.165) is 5.56 Å². The van der Waals surface area contributed by atoms with Gasteiger partial charge in [-0.2, -0.15) is 4.40 Å². The van der Waals surface area contributed by atoms with Crippen molar-refractivity contribution < 1.29 is 4.21 Å². The van der Waals surface area contributed by atoms with E-state index in [4.69, 9.17) is 0 Å². The van der Waals surface area contributed by atoms with Crippen molar-refractivity contribution in [2.45, 2.75) is 6.54 Å². The van der Waals surface area contributed by atoms with E-state index < -0.39 is 11.2 Å². The number of pyridine rings is 1. The van der Waals surface area contributed by atoms with Crippen LogP contribution in [0.2, 0.25) is 0 Å². The van der Waals surface area contributed by atoms with Gasteiger partial charge in [0.25, 0.3) is 11.2 Å². The van der Waals surface area contributed by atoms with Crippen LogP contribution in [0.15, 0.2) is 33.3 Å². The minimum absolute atomic E-state index is 0.556. The van der Waals surface area contributed by atoms with E-state index in [1.807, 2.05) is 12.1 Å². The molecule has 0 aliphatic carbocycles. The Labute approximate surface area is 83.7 Å². The van der Waals surface area contributed by atoms with E-state index in [1.165, 1.54) is 6.21 Å². The van der Waals surface area contributed by atoms with E-state index in [9.17, 15) is 4.21 Å². The van der Waals surface area contributed by atoms with Crippen molar-refractivity contribution >= 4 is 23.2 Å². The number of hydrogen-bond donors (Lipinski definition) is 1. The van der Waals surface area contributed by atoms with E-state index in [-0.39, 0.29) is 0 Å². The first-order valence-electron chi connectivity index (χ1n) is 4.02. The van der Waals surface area contributed by atoms with Gasteiger partial charge in [0.1, 0.15) is 0 Å². The first-order valence-corrected chi connectivity index (χ1v) is 5.08. The summed E-state index contributed by atoms with van der Waals surface area (Å²) >= 11 is -1.43. The molecule has 1 aromatic rings. The number of hydrogen-bond acceptors (Lipinski definition) is 3. The fraction of sp³-hybridized carbons (Fsp3) is 0.125. The molecule has 2 rings (SSSR count). The molecular weight excluding hydrogens is 200 g/mol. The molecule has 0 fully saturated rings. The quantitative estimate of drug-likeness (QED) is 0.756. The highest BCUT2D eigenvalue weighted by molar-refractivity contribution is 7.83. The summed E-state index contributed by atoms with van der Waals surface area (Å²) < 4.78 is 18.1. The predicted octanol–water partition coefficient (Wildman–Crippen LogP) is 0.233. The summed E-state index contributed by atoms with van der Waals surface area (Å²) in [5.41, 5.74) is 1.09. The van der Waals surface area contributed by atoms with E-state index in [0.29, 0.717) is 12.4 Å². The molecule has 0 amide bonds. The molecule has 1 unspecified atom stereocenters. The summed E-state index contributed by atoms with van der Waals surface area (Å²) in [5, 5.41) is 3.01. The van der Waals surface area contributed by atoms with E-state index in [1.54, 1.807) is 12.4 Å². The molecule has 5 nitrogen and oxygen atoms in total. The van der Waals surface area contributed by atoms with Crippen LogP contribution in [-0.2, 0) is 17.7 Å². The Hall–Kier alpha value is -1.56. The van der Waals surface area contributed by atoms with Crippen LogP contribution >= 0.6 is 0 Å². The molecule has 1 N–H and O–H groups in total. The van der Waals surface area contributed by atoms with Gasteiger partial charge < -0.3 is 5.32 Å². The Morgan fingerprint density at radius 3 is 2.79 bits per heavy atom. The molecule has 6 heteroatoms. The molecule has 72 valence electrons. The van der Waals surface area contributed by atoms with Crippen molar-refractivity contribution in [1.29, 1.82) is 0 Å². The van der Waals surface area contributed by atoms with Gasteiger partial charge in [0, 0.05) is 18.9 Å². The van der Waals surface area contributed by atoms with Gasteiger partial charge in [0.05, 0.1) is 6.21 Å². The van der Waals surface area contributed by atoms with Gasteiger partial charge in [-0.15, -0.1) is 4.40 Å². The second kappa shape index (κ2) is 4.10. The van der Waals surface area contributed by atoms with Gasteiger partial charge in [0.15, 0.2) is 5.84 Å². The second-order valence-electron chi connectivity index (χ2n) is 2.65. The van der Waals surface area contributed by atoms with Crippen LogP contribution in [0.25, 0.3) is 0 Å².